The Morgan fingerprint density at radius 3 is 2.71 bits per heavy atom. The third kappa shape index (κ3) is 3.76. The fraction of sp³-hybridized carbons (Fsp3) is 0.278. The highest BCUT2D eigenvalue weighted by Crippen LogP contribution is 2.24. The van der Waals surface area contributed by atoms with E-state index >= 15 is 0 Å². The molecular weight excluding hydrogens is 322 g/mol. The van der Waals surface area contributed by atoms with E-state index in [0.717, 1.165) is 18.5 Å². The van der Waals surface area contributed by atoms with E-state index in [9.17, 15) is 8.42 Å². The number of sulfone groups is 1. The number of nitrogens with two attached hydrogens (primary N) is 1. The number of anilines is 1. The molecule has 0 saturated carbocycles. The van der Waals surface area contributed by atoms with Gasteiger partial charge in [-0.25, -0.2) is 13.4 Å². The minimum atomic E-state index is -3.28. The molecule has 0 radical (unpaired) electrons. The number of nitrogens with one attached hydrogen (secondary N) is 1. The molecule has 2 aromatic rings. The molecule has 126 valence electrons. The molecule has 0 spiro atoms. The van der Waals surface area contributed by atoms with Crippen LogP contribution in [0.5, 0.6) is 0 Å². The number of aryl methyl sites for hydroxylation is 2. The molecule has 3 rings (SSSR count). The van der Waals surface area contributed by atoms with Gasteiger partial charge in [-0.3, -0.25) is 0 Å². The molecule has 0 saturated heterocycles. The Kier molecular flexibility index (Phi) is 4.57. The van der Waals surface area contributed by atoms with Crippen molar-refractivity contribution in [2.24, 2.45) is 10.7 Å². The molecule has 0 unspecified atom stereocenters. The van der Waals surface area contributed by atoms with Crippen LogP contribution < -0.4 is 11.1 Å². The third-order valence-corrected chi connectivity index (χ3v) is 5.36. The van der Waals surface area contributed by atoms with Crippen LogP contribution in [0.25, 0.3) is 0 Å². The summed E-state index contributed by atoms with van der Waals surface area (Å²) in [6.45, 7) is 0.215. The number of nitrogens with zero attached hydrogens (tertiary/aromatic N) is 1. The summed E-state index contributed by atoms with van der Waals surface area (Å²) in [6, 6.07) is 13.1. The van der Waals surface area contributed by atoms with E-state index in [4.69, 9.17) is 5.73 Å². The molecule has 6 heteroatoms. The highest BCUT2D eigenvalue weighted by molar-refractivity contribution is 7.90. The molecular formula is C18H21N3O2S. The Morgan fingerprint density at radius 1 is 1.17 bits per heavy atom. The smallest absolute Gasteiger partial charge is 0.193 e. The maximum atomic E-state index is 11.8. The Labute approximate surface area is 142 Å². The van der Waals surface area contributed by atoms with Gasteiger partial charge >= 0.3 is 0 Å². The number of rotatable bonds is 4. The van der Waals surface area contributed by atoms with E-state index in [1.807, 2.05) is 6.07 Å². The average Bonchev–Trinajstić information content (AvgIpc) is 3.00. The van der Waals surface area contributed by atoms with E-state index in [-0.39, 0.29) is 12.5 Å². The molecule has 0 amide bonds. The van der Waals surface area contributed by atoms with Crippen molar-refractivity contribution >= 4 is 21.5 Å². The maximum Gasteiger partial charge on any atom is 0.193 e. The van der Waals surface area contributed by atoms with E-state index in [2.05, 4.69) is 22.4 Å². The summed E-state index contributed by atoms with van der Waals surface area (Å²) >= 11 is 0. The Morgan fingerprint density at radius 2 is 1.92 bits per heavy atom. The first-order valence-corrected chi connectivity index (χ1v) is 9.79. The highest BCUT2D eigenvalue weighted by atomic mass is 32.2. The van der Waals surface area contributed by atoms with Crippen LogP contribution in [0.2, 0.25) is 0 Å². The molecule has 1 aliphatic rings. The van der Waals surface area contributed by atoms with Crippen LogP contribution in [0.1, 0.15) is 23.1 Å². The monoisotopic (exact) mass is 343 g/mol. The Bertz CT molecular complexity index is 889. The minimum Gasteiger partial charge on any atom is -0.370 e. The molecule has 3 N–H and O–H groups in total. The largest absolute Gasteiger partial charge is 0.370 e. The number of guanidine groups is 1. The summed E-state index contributed by atoms with van der Waals surface area (Å²) in [7, 11) is -3.28. The fourth-order valence-corrected chi connectivity index (χ4v) is 3.94. The Hall–Kier alpha value is -2.34. The molecule has 0 heterocycles. The standard InChI is InChI=1S/C18H21N3O2S/c1-24(22,23)17-8-3-2-5-15(17)12-20-18(19)21-16-10-9-13-6-4-7-14(13)11-16/h2-3,5,8-11H,4,6-7,12H2,1H3,(H3,19,20,21). The zero-order valence-corrected chi connectivity index (χ0v) is 14.4. The molecule has 0 aliphatic heterocycles. The first-order chi connectivity index (χ1) is 11.4. The lowest BCUT2D eigenvalue weighted by Crippen LogP contribution is -2.22. The second-order valence-corrected chi connectivity index (χ2v) is 8.03. The topological polar surface area (TPSA) is 84.5 Å². The third-order valence-electron chi connectivity index (χ3n) is 4.16. The predicted octanol–water partition coefficient (Wildman–Crippen LogP) is 2.51. The van der Waals surface area contributed by atoms with E-state index in [1.54, 1.807) is 24.3 Å². The van der Waals surface area contributed by atoms with Crippen molar-refractivity contribution in [3.05, 3.63) is 59.2 Å². The normalized spacial score (nSPS) is 14.5. The summed E-state index contributed by atoms with van der Waals surface area (Å²) in [6.07, 6.45) is 4.64. The highest BCUT2D eigenvalue weighted by Gasteiger charge is 2.13. The van der Waals surface area contributed by atoms with E-state index in [1.165, 1.54) is 23.8 Å². The lowest BCUT2D eigenvalue weighted by atomic mass is 10.1. The van der Waals surface area contributed by atoms with Gasteiger partial charge in [-0.2, -0.15) is 0 Å². The van der Waals surface area contributed by atoms with Crippen LogP contribution in [-0.2, 0) is 29.2 Å². The second kappa shape index (κ2) is 6.65. The number of hydrogen-bond donors (Lipinski definition) is 2. The molecule has 2 aromatic carbocycles. The van der Waals surface area contributed by atoms with Crippen LogP contribution >= 0.6 is 0 Å². The van der Waals surface area contributed by atoms with Crippen LogP contribution in [0.15, 0.2) is 52.4 Å². The number of fused-ring (bicyclic) bond motifs is 1. The minimum absolute atomic E-state index is 0.215. The Balaban J connectivity index is 1.74. The lowest BCUT2D eigenvalue weighted by molar-refractivity contribution is 0.600. The van der Waals surface area contributed by atoms with Crippen molar-refractivity contribution in [3.63, 3.8) is 0 Å². The summed E-state index contributed by atoms with van der Waals surface area (Å²) in [5, 5.41) is 3.08. The molecule has 0 atom stereocenters. The lowest BCUT2D eigenvalue weighted by Gasteiger charge is -2.09. The number of aliphatic imine (C=N–C) groups is 1. The van der Waals surface area contributed by atoms with E-state index in [0.29, 0.717) is 10.5 Å². The fourth-order valence-electron chi connectivity index (χ4n) is 3.00. The first kappa shape index (κ1) is 16.5. The van der Waals surface area contributed by atoms with Crippen molar-refractivity contribution in [1.82, 2.24) is 0 Å². The van der Waals surface area contributed by atoms with Crippen LogP contribution in [0.4, 0.5) is 5.69 Å². The van der Waals surface area contributed by atoms with Gasteiger partial charge in [-0.1, -0.05) is 24.3 Å². The van der Waals surface area contributed by atoms with E-state index < -0.39 is 9.84 Å². The van der Waals surface area contributed by atoms with Crippen molar-refractivity contribution < 1.29 is 8.42 Å². The summed E-state index contributed by atoms with van der Waals surface area (Å²) < 4.78 is 23.6. The second-order valence-electron chi connectivity index (χ2n) is 6.04. The molecule has 0 bridgehead atoms. The van der Waals surface area contributed by atoms with Gasteiger partial charge in [-0.05, 0) is 54.2 Å². The summed E-state index contributed by atoms with van der Waals surface area (Å²) in [4.78, 5) is 4.57. The van der Waals surface area contributed by atoms with Crippen molar-refractivity contribution in [2.75, 3.05) is 11.6 Å². The number of benzene rings is 2. The first-order valence-electron chi connectivity index (χ1n) is 7.90. The van der Waals surface area contributed by atoms with Crippen molar-refractivity contribution in [2.45, 2.75) is 30.7 Å². The van der Waals surface area contributed by atoms with Crippen LogP contribution in [0.3, 0.4) is 0 Å². The molecule has 1 aliphatic carbocycles. The van der Waals surface area contributed by atoms with Crippen molar-refractivity contribution in [3.8, 4) is 0 Å². The average molecular weight is 343 g/mol. The van der Waals surface area contributed by atoms with Gasteiger partial charge < -0.3 is 11.1 Å². The van der Waals surface area contributed by atoms with Gasteiger partial charge in [0.15, 0.2) is 15.8 Å². The molecule has 0 fully saturated rings. The van der Waals surface area contributed by atoms with Gasteiger partial charge in [0.25, 0.3) is 0 Å². The van der Waals surface area contributed by atoms with Gasteiger partial charge in [0.1, 0.15) is 0 Å². The summed E-state index contributed by atoms with van der Waals surface area (Å²) in [5.41, 5.74) is 10.3. The molecule has 0 aromatic heterocycles. The summed E-state index contributed by atoms with van der Waals surface area (Å²) in [5.74, 6) is 0.274. The zero-order valence-electron chi connectivity index (χ0n) is 13.6. The molecule has 5 nitrogen and oxygen atoms in total. The van der Waals surface area contributed by atoms with Gasteiger partial charge in [0, 0.05) is 11.9 Å². The van der Waals surface area contributed by atoms with Crippen LogP contribution in [-0.4, -0.2) is 20.6 Å². The maximum absolute atomic E-state index is 11.8. The van der Waals surface area contributed by atoms with Gasteiger partial charge in [0.05, 0.1) is 11.4 Å². The van der Waals surface area contributed by atoms with Gasteiger partial charge in [0.2, 0.25) is 0 Å². The van der Waals surface area contributed by atoms with Crippen LogP contribution in [0, 0.1) is 0 Å². The predicted molar refractivity (Wildman–Crippen MR) is 97.0 cm³/mol. The van der Waals surface area contributed by atoms with Gasteiger partial charge in [-0.15, -0.1) is 0 Å². The van der Waals surface area contributed by atoms with Crippen molar-refractivity contribution in [1.29, 1.82) is 0 Å². The zero-order chi connectivity index (χ0) is 17.2. The quantitative estimate of drug-likeness (QED) is 0.660. The molecule has 24 heavy (non-hydrogen) atoms. The SMILES string of the molecule is CS(=O)(=O)c1ccccc1CN=C(N)Nc1ccc2c(c1)CCC2. The number of hydrogen-bond acceptors (Lipinski definition) is 3.